The minimum atomic E-state index is 0.425. The number of nitrogens with two attached hydrogens (primary N) is 1. The quantitative estimate of drug-likeness (QED) is 0.797. The van der Waals surface area contributed by atoms with Crippen LogP contribution in [0.5, 0.6) is 11.6 Å². The Labute approximate surface area is 99.3 Å². The molecule has 0 atom stereocenters. The van der Waals surface area contributed by atoms with Gasteiger partial charge in [0.2, 0.25) is 5.88 Å². The standard InChI is InChI=1S/C13H11N3O/c1-9-3-2-6-16-13(9)17-12-5-4-10(8-14)7-11(12)15/h2-7H,15H2,1H3. The Kier molecular flexibility index (Phi) is 2.93. The summed E-state index contributed by atoms with van der Waals surface area (Å²) in [4.78, 5) is 4.11. The van der Waals surface area contributed by atoms with Crippen molar-refractivity contribution < 1.29 is 4.74 Å². The van der Waals surface area contributed by atoms with Crippen molar-refractivity contribution in [3.63, 3.8) is 0 Å². The molecule has 0 saturated heterocycles. The largest absolute Gasteiger partial charge is 0.437 e. The van der Waals surface area contributed by atoms with Crippen LogP contribution in [0, 0.1) is 18.3 Å². The third-order valence-electron chi connectivity index (χ3n) is 2.31. The summed E-state index contributed by atoms with van der Waals surface area (Å²) in [6.07, 6.45) is 1.65. The first-order valence-electron chi connectivity index (χ1n) is 5.10. The summed E-state index contributed by atoms with van der Waals surface area (Å²) >= 11 is 0. The number of rotatable bonds is 2. The Morgan fingerprint density at radius 1 is 1.35 bits per heavy atom. The molecule has 1 heterocycles. The Hall–Kier alpha value is -2.54. The number of ether oxygens (including phenoxy) is 1. The molecule has 17 heavy (non-hydrogen) atoms. The Morgan fingerprint density at radius 2 is 2.18 bits per heavy atom. The lowest BCUT2D eigenvalue weighted by molar-refractivity contribution is 0.461. The molecule has 0 unspecified atom stereocenters. The van der Waals surface area contributed by atoms with E-state index in [9.17, 15) is 0 Å². The molecular weight excluding hydrogens is 214 g/mol. The van der Waals surface area contributed by atoms with E-state index < -0.39 is 0 Å². The topological polar surface area (TPSA) is 71.9 Å². The van der Waals surface area contributed by atoms with E-state index in [1.165, 1.54) is 0 Å². The van der Waals surface area contributed by atoms with Crippen molar-refractivity contribution in [3.05, 3.63) is 47.7 Å². The second-order valence-corrected chi connectivity index (χ2v) is 3.59. The second-order valence-electron chi connectivity index (χ2n) is 3.59. The monoisotopic (exact) mass is 225 g/mol. The van der Waals surface area contributed by atoms with Crippen LogP contribution in [-0.4, -0.2) is 4.98 Å². The van der Waals surface area contributed by atoms with Gasteiger partial charge in [0.1, 0.15) is 0 Å². The summed E-state index contributed by atoms with van der Waals surface area (Å²) in [6.45, 7) is 1.90. The maximum absolute atomic E-state index is 8.73. The lowest BCUT2D eigenvalue weighted by Crippen LogP contribution is -1.95. The maximum atomic E-state index is 8.73. The molecule has 4 nitrogen and oxygen atoms in total. The maximum Gasteiger partial charge on any atom is 0.222 e. The summed E-state index contributed by atoms with van der Waals surface area (Å²) < 4.78 is 5.59. The molecule has 0 spiro atoms. The molecular formula is C13H11N3O. The Morgan fingerprint density at radius 3 is 2.82 bits per heavy atom. The first kappa shape index (κ1) is 11.0. The highest BCUT2D eigenvalue weighted by Crippen LogP contribution is 2.28. The van der Waals surface area contributed by atoms with Gasteiger partial charge in [0.15, 0.2) is 5.75 Å². The number of nitrogens with zero attached hydrogens (tertiary/aromatic N) is 2. The first-order valence-corrected chi connectivity index (χ1v) is 5.10. The minimum absolute atomic E-state index is 0.425. The zero-order chi connectivity index (χ0) is 12.3. The number of aromatic nitrogens is 1. The third kappa shape index (κ3) is 2.34. The number of nitriles is 1. The van der Waals surface area contributed by atoms with Gasteiger partial charge in [-0.25, -0.2) is 4.98 Å². The average molecular weight is 225 g/mol. The number of anilines is 1. The molecule has 0 radical (unpaired) electrons. The van der Waals surface area contributed by atoms with E-state index in [1.807, 2.05) is 25.1 Å². The van der Waals surface area contributed by atoms with Crippen molar-refractivity contribution in [3.8, 4) is 17.7 Å². The average Bonchev–Trinajstić information content (AvgIpc) is 2.34. The number of benzene rings is 1. The molecule has 2 N–H and O–H groups in total. The molecule has 0 aliphatic heterocycles. The molecule has 0 saturated carbocycles. The smallest absolute Gasteiger partial charge is 0.222 e. The lowest BCUT2D eigenvalue weighted by atomic mass is 10.2. The van der Waals surface area contributed by atoms with Gasteiger partial charge in [0, 0.05) is 11.8 Å². The highest BCUT2D eigenvalue weighted by Gasteiger charge is 2.06. The van der Waals surface area contributed by atoms with Crippen molar-refractivity contribution in [2.24, 2.45) is 0 Å². The summed E-state index contributed by atoms with van der Waals surface area (Å²) in [5.41, 5.74) is 7.65. The van der Waals surface area contributed by atoms with Crippen LogP contribution in [0.4, 0.5) is 5.69 Å². The highest BCUT2D eigenvalue weighted by atomic mass is 16.5. The van der Waals surface area contributed by atoms with Crippen LogP contribution in [0.15, 0.2) is 36.5 Å². The van der Waals surface area contributed by atoms with Gasteiger partial charge in [0.05, 0.1) is 17.3 Å². The van der Waals surface area contributed by atoms with Crippen LogP contribution < -0.4 is 10.5 Å². The summed E-state index contributed by atoms with van der Waals surface area (Å²) in [5.74, 6) is 1.02. The van der Waals surface area contributed by atoms with Crippen molar-refractivity contribution in [1.82, 2.24) is 4.98 Å². The molecule has 2 rings (SSSR count). The van der Waals surface area contributed by atoms with Gasteiger partial charge in [-0.05, 0) is 31.2 Å². The zero-order valence-electron chi connectivity index (χ0n) is 9.34. The van der Waals surface area contributed by atoms with Crippen molar-refractivity contribution in [1.29, 1.82) is 5.26 Å². The van der Waals surface area contributed by atoms with Crippen molar-refractivity contribution in [2.75, 3.05) is 5.73 Å². The number of hydrogen-bond acceptors (Lipinski definition) is 4. The molecule has 0 amide bonds. The van der Waals surface area contributed by atoms with Crippen molar-refractivity contribution >= 4 is 5.69 Å². The van der Waals surface area contributed by atoms with E-state index in [-0.39, 0.29) is 0 Å². The molecule has 0 fully saturated rings. The van der Waals surface area contributed by atoms with Gasteiger partial charge in [-0.3, -0.25) is 0 Å². The zero-order valence-corrected chi connectivity index (χ0v) is 9.34. The molecule has 0 bridgehead atoms. The van der Waals surface area contributed by atoms with E-state index in [0.717, 1.165) is 5.56 Å². The van der Waals surface area contributed by atoms with Gasteiger partial charge in [-0.2, -0.15) is 5.26 Å². The van der Waals surface area contributed by atoms with Crippen LogP contribution in [0.2, 0.25) is 0 Å². The van der Waals surface area contributed by atoms with E-state index in [1.54, 1.807) is 24.4 Å². The van der Waals surface area contributed by atoms with Gasteiger partial charge >= 0.3 is 0 Å². The van der Waals surface area contributed by atoms with E-state index in [2.05, 4.69) is 4.98 Å². The number of nitrogen functional groups attached to an aromatic ring is 1. The predicted molar refractivity (Wildman–Crippen MR) is 64.6 cm³/mol. The first-order chi connectivity index (χ1) is 8.20. The molecule has 84 valence electrons. The molecule has 1 aromatic heterocycles. The van der Waals surface area contributed by atoms with Crippen LogP contribution in [0.25, 0.3) is 0 Å². The third-order valence-corrected chi connectivity index (χ3v) is 2.31. The molecule has 4 heteroatoms. The predicted octanol–water partition coefficient (Wildman–Crippen LogP) is 2.64. The van der Waals surface area contributed by atoms with E-state index in [4.69, 9.17) is 15.7 Å². The Bertz CT molecular complexity index is 587. The van der Waals surface area contributed by atoms with Gasteiger partial charge < -0.3 is 10.5 Å². The minimum Gasteiger partial charge on any atom is -0.437 e. The van der Waals surface area contributed by atoms with Crippen LogP contribution >= 0.6 is 0 Å². The van der Waals surface area contributed by atoms with Crippen LogP contribution in [0.1, 0.15) is 11.1 Å². The molecule has 1 aromatic carbocycles. The van der Waals surface area contributed by atoms with Gasteiger partial charge in [-0.15, -0.1) is 0 Å². The second kappa shape index (κ2) is 4.54. The summed E-state index contributed by atoms with van der Waals surface area (Å²) in [6, 6.07) is 10.7. The summed E-state index contributed by atoms with van der Waals surface area (Å²) in [7, 11) is 0. The number of pyridine rings is 1. The molecule has 0 aliphatic carbocycles. The SMILES string of the molecule is Cc1cccnc1Oc1ccc(C#N)cc1N. The molecule has 2 aromatic rings. The highest BCUT2D eigenvalue weighted by molar-refractivity contribution is 5.57. The van der Waals surface area contributed by atoms with Crippen molar-refractivity contribution in [2.45, 2.75) is 6.92 Å². The van der Waals surface area contributed by atoms with Gasteiger partial charge in [0.25, 0.3) is 0 Å². The normalized spacial score (nSPS) is 9.65. The van der Waals surface area contributed by atoms with Crippen LogP contribution in [0.3, 0.4) is 0 Å². The fourth-order valence-electron chi connectivity index (χ4n) is 1.39. The summed E-state index contributed by atoms with van der Waals surface area (Å²) in [5, 5.41) is 8.73. The number of hydrogen-bond donors (Lipinski definition) is 1. The number of aryl methyl sites for hydroxylation is 1. The lowest BCUT2D eigenvalue weighted by Gasteiger charge is -2.09. The van der Waals surface area contributed by atoms with E-state index in [0.29, 0.717) is 22.9 Å². The fourth-order valence-corrected chi connectivity index (χ4v) is 1.39. The van der Waals surface area contributed by atoms with E-state index >= 15 is 0 Å². The van der Waals surface area contributed by atoms with Crippen LogP contribution in [-0.2, 0) is 0 Å². The van der Waals surface area contributed by atoms with Gasteiger partial charge in [-0.1, -0.05) is 6.07 Å². The fraction of sp³-hybridized carbons (Fsp3) is 0.0769. The molecule has 0 aliphatic rings. The Balaban J connectivity index is 2.32.